The molecule has 5 heteroatoms. The Morgan fingerprint density at radius 2 is 1.67 bits per heavy atom. The van der Waals surface area contributed by atoms with Crippen LogP contribution in [0.5, 0.6) is 0 Å². The molecule has 0 saturated heterocycles. The Bertz CT molecular complexity index is 650. The Morgan fingerprint density at radius 1 is 1.10 bits per heavy atom. The van der Waals surface area contributed by atoms with Gasteiger partial charge in [-0.2, -0.15) is 5.26 Å². The number of nitrogens with one attached hydrogen (secondary N) is 1. The summed E-state index contributed by atoms with van der Waals surface area (Å²) >= 11 is 0. The van der Waals surface area contributed by atoms with Gasteiger partial charge in [0.25, 0.3) is 0 Å². The largest absolute Gasteiger partial charge is 0.381 e. The summed E-state index contributed by atoms with van der Waals surface area (Å²) in [4.78, 5) is 1.96. The number of hydrogen-bond acceptors (Lipinski definition) is 3. The van der Waals surface area contributed by atoms with Crippen LogP contribution in [0, 0.1) is 23.0 Å². The van der Waals surface area contributed by atoms with Crippen molar-refractivity contribution in [3.8, 4) is 6.07 Å². The van der Waals surface area contributed by atoms with E-state index in [4.69, 9.17) is 5.26 Å². The first kappa shape index (κ1) is 14.8. The molecule has 0 aromatic heterocycles. The van der Waals surface area contributed by atoms with Crippen LogP contribution in [0.15, 0.2) is 36.4 Å². The van der Waals surface area contributed by atoms with Gasteiger partial charge in [0.05, 0.1) is 11.6 Å². The molecule has 0 bridgehead atoms. The summed E-state index contributed by atoms with van der Waals surface area (Å²) in [6.45, 7) is 0.0185. The maximum absolute atomic E-state index is 13.7. The van der Waals surface area contributed by atoms with E-state index in [1.54, 1.807) is 6.07 Å². The minimum atomic E-state index is -0.719. The molecule has 0 aliphatic rings. The summed E-state index contributed by atoms with van der Waals surface area (Å²) in [6.07, 6.45) is 0. The first-order chi connectivity index (χ1) is 10.0. The average molecular weight is 287 g/mol. The van der Waals surface area contributed by atoms with E-state index in [9.17, 15) is 8.78 Å². The van der Waals surface area contributed by atoms with E-state index in [0.717, 1.165) is 23.5 Å². The van der Waals surface area contributed by atoms with Crippen LogP contribution < -0.4 is 10.2 Å². The molecule has 2 aromatic carbocycles. The van der Waals surface area contributed by atoms with Gasteiger partial charge in [-0.1, -0.05) is 0 Å². The SMILES string of the molecule is CN(C)c1ccc(NCc2c(F)cc(C#N)cc2F)cc1. The summed E-state index contributed by atoms with van der Waals surface area (Å²) in [6, 6.07) is 11.3. The zero-order valence-corrected chi connectivity index (χ0v) is 11.8. The van der Waals surface area contributed by atoms with Crippen molar-refractivity contribution in [1.82, 2.24) is 0 Å². The second-order valence-corrected chi connectivity index (χ2v) is 4.83. The molecular formula is C16H15F2N3. The molecule has 0 fully saturated rings. The second-order valence-electron chi connectivity index (χ2n) is 4.83. The van der Waals surface area contributed by atoms with Crippen molar-refractivity contribution in [3.63, 3.8) is 0 Å². The van der Waals surface area contributed by atoms with E-state index < -0.39 is 11.6 Å². The first-order valence-corrected chi connectivity index (χ1v) is 6.40. The van der Waals surface area contributed by atoms with Gasteiger partial charge in [0.2, 0.25) is 0 Å². The van der Waals surface area contributed by atoms with E-state index in [1.807, 2.05) is 43.3 Å². The Kier molecular flexibility index (Phi) is 4.39. The predicted molar refractivity (Wildman–Crippen MR) is 79.2 cm³/mol. The van der Waals surface area contributed by atoms with Gasteiger partial charge < -0.3 is 10.2 Å². The summed E-state index contributed by atoms with van der Waals surface area (Å²) in [7, 11) is 3.87. The van der Waals surface area contributed by atoms with Crippen molar-refractivity contribution in [2.24, 2.45) is 0 Å². The van der Waals surface area contributed by atoms with Gasteiger partial charge in [0.15, 0.2) is 0 Å². The smallest absolute Gasteiger partial charge is 0.132 e. The lowest BCUT2D eigenvalue weighted by atomic mass is 10.1. The van der Waals surface area contributed by atoms with Crippen molar-refractivity contribution < 1.29 is 8.78 Å². The van der Waals surface area contributed by atoms with E-state index in [-0.39, 0.29) is 17.7 Å². The molecule has 21 heavy (non-hydrogen) atoms. The molecule has 3 nitrogen and oxygen atoms in total. The Labute approximate surface area is 122 Å². The van der Waals surface area contributed by atoms with Gasteiger partial charge in [-0.05, 0) is 36.4 Å². The fourth-order valence-electron chi connectivity index (χ4n) is 1.90. The first-order valence-electron chi connectivity index (χ1n) is 6.40. The molecule has 0 amide bonds. The number of halogens is 2. The lowest BCUT2D eigenvalue weighted by Crippen LogP contribution is -2.09. The zero-order chi connectivity index (χ0) is 15.4. The fourth-order valence-corrected chi connectivity index (χ4v) is 1.90. The van der Waals surface area contributed by atoms with Crippen molar-refractivity contribution >= 4 is 11.4 Å². The number of nitriles is 1. The van der Waals surface area contributed by atoms with E-state index in [1.165, 1.54) is 0 Å². The van der Waals surface area contributed by atoms with E-state index >= 15 is 0 Å². The summed E-state index contributed by atoms with van der Waals surface area (Å²) in [5, 5.41) is 11.6. The summed E-state index contributed by atoms with van der Waals surface area (Å²) < 4.78 is 27.5. The van der Waals surface area contributed by atoms with Crippen molar-refractivity contribution in [3.05, 3.63) is 59.2 Å². The number of hydrogen-bond donors (Lipinski definition) is 1. The highest BCUT2D eigenvalue weighted by Crippen LogP contribution is 2.19. The number of benzene rings is 2. The third-order valence-electron chi connectivity index (χ3n) is 3.12. The van der Waals surface area contributed by atoms with Crippen LogP contribution in [0.2, 0.25) is 0 Å². The van der Waals surface area contributed by atoms with Gasteiger partial charge in [-0.3, -0.25) is 0 Å². The molecule has 0 aliphatic heterocycles. The van der Waals surface area contributed by atoms with Crippen LogP contribution in [0.3, 0.4) is 0 Å². The van der Waals surface area contributed by atoms with E-state index in [0.29, 0.717) is 0 Å². The molecule has 0 atom stereocenters. The third-order valence-corrected chi connectivity index (χ3v) is 3.12. The number of nitrogens with zero attached hydrogens (tertiary/aromatic N) is 2. The maximum atomic E-state index is 13.7. The van der Waals surface area contributed by atoms with Gasteiger partial charge in [-0.15, -0.1) is 0 Å². The molecule has 108 valence electrons. The lowest BCUT2D eigenvalue weighted by Gasteiger charge is -2.13. The van der Waals surface area contributed by atoms with Gasteiger partial charge in [-0.25, -0.2) is 8.78 Å². The third kappa shape index (κ3) is 3.48. The van der Waals surface area contributed by atoms with Crippen LogP contribution in [-0.2, 0) is 6.54 Å². The van der Waals surface area contributed by atoms with Crippen molar-refractivity contribution in [2.75, 3.05) is 24.3 Å². The number of anilines is 2. The fraction of sp³-hybridized carbons (Fsp3) is 0.188. The van der Waals surface area contributed by atoms with E-state index in [2.05, 4.69) is 5.32 Å². The molecule has 0 saturated carbocycles. The zero-order valence-electron chi connectivity index (χ0n) is 11.8. The minimum Gasteiger partial charge on any atom is -0.381 e. The Morgan fingerprint density at radius 3 is 2.14 bits per heavy atom. The van der Waals surface area contributed by atoms with Crippen LogP contribution in [0.1, 0.15) is 11.1 Å². The van der Waals surface area contributed by atoms with Gasteiger partial charge in [0.1, 0.15) is 11.6 Å². The second kappa shape index (κ2) is 6.23. The highest BCUT2D eigenvalue weighted by Gasteiger charge is 2.11. The monoisotopic (exact) mass is 287 g/mol. The molecule has 0 aliphatic carbocycles. The maximum Gasteiger partial charge on any atom is 0.132 e. The highest BCUT2D eigenvalue weighted by molar-refractivity contribution is 5.54. The molecule has 1 N–H and O–H groups in total. The molecular weight excluding hydrogens is 272 g/mol. The van der Waals surface area contributed by atoms with Gasteiger partial charge >= 0.3 is 0 Å². The van der Waals surface area contributed by atoms with Gasteiger partial charge in [0, 0.05) is 37.6 Å². The molecule has 0 radical (unpaired) electrons. The summed E-state index contributed by atoms with van der Waals surface area (Å²) in [5.74, 6) is -1.44. The van der Waals surface area contributed by atoms with Crippen LogP contribution in [-0.4, -0.2) is 14.1 Å². The highest BCUT2D eigenvalue weighted by atomic mass is 19.1. The molecule has 0 unspecified atom stereocenters. The Hall–Kier alpha value is -2.61. The number of rotatable bonds is 4. The van der Waals surface area contributed by atoms with Crippen LogP contribution in [0.4, 0.5) is 20.2 Å². The van der Waals surface area contributed by atoms with Crippen molar-refractivity contribution in [1.29, 1.82) is 5.26 Å². The quantitative estimate of drug-likeness (QED) is 0.935. The normalized spacial score (nSPS) is 10.0. The van der Waals surface area contributed by atoms with Crippen LogP contribution in [0.25, 0.3) is 0 Å². The van der Waals surface area contributed by atoms with Crippen LogP contribution >= 0.6 is 0 Å². The van der Waals surface area contributed by atoms with Crippen molar-refractivity contribution in [2.45, 2.75) is 6.54 Å². The predicted octanol–water partition coefficient (Wildman–Crippen LogP) is 3.51. The standard InChI is InChI=1S/C16H15F2N3/c1-21(2)13-5-3-12(4-6-13)20-10-14-15(17)7-11(9-19)8-16(14)18/h3-8,20H,10H2,1-2H3. The topological polar surface area (TPSA) is 39.1 Å². The molecule has 0 spiro atoms. The molecule has 2 rings (SSSR count). The molecule has 0 heterocycles. The Balaban J connectivity index is 2.11. The lowest BCUT2D eigenvalue weighted by molar-refractivity contribution is 0.559. The summed E-state index contributed by atoms with van der Waals surface area (Å²) in [5.41, 5.74) is 1.70. The minimum absolute atomic E-state index is 0.0185. The average Bonchev–Trinajstić information content (AvgIpc) is 2.46. The molecule has 2 aromatic rings.